The predicted octanol–water partition coefficient (Wildman–Crippen LogP) is 4.20. The van der Waals surface area contributed by atoms with Crippen LogP contribution >= 0.6 is 0 Å². The number of aryl methyl sites for hydroxylation is 1. The third-order valence-electron chi connectivity index (χ3n) is 4.51. The molecular weight excluding hydrogens is 324 g/mol. The molecule has 1 aliphatic heterocycles. The summed E-state index contributed by atoms with van der Waals surface area (Å²) in [6.45, 7) is 3.44. The van der Waals surface area contributed by atoms with E-state index in [4.69, 9.17) is 4.74 Å². The number of hydrogen-bond donors (Lipinski definition) is 0. The molecule has 0 saturated carbocycles. The van der Waals surface area contributed by atoms with Crippen molar-refractivity contribution < 1.29 is 18.3 Å². The summed E-state index contributed by atoms with van der Waals surface area (Å²) in [5, 5.41) is 0. The van der Waals surface area contributed by atoms with Gasteiger partial charge in [0.2, 0.25) is 0 Å². The number of hydrogen-bond acceptors (Lipinski definition) is 2. The summed E-state index contributed by atoms with van der Waals surface area (Å²) in [7, 11) is 0. The van der Waals surface area contributed by atoms with E-state index < -0.39 is 0 Å². The number of rotatable bonds is 4. The van der Waals surface area contributed by atoms with Crippen molar-refractivity contribution in [2.45, 2.75) is 19.8 Å². The van der Waals surface area contributed by atoms with E-state index in [0.29, 0.717) is 36.6 Å². The van der Waals surface area contributed by atoms with Crippen molar-refractivity contribution >= 4 is 5.91 Å². The molecule has 1 saturated heterocycles. The largest absolute Gasteiger partial charge is 0.493 e. The topological polar surface area (TPSA) is 29.5 Å². The summed E-state index contributed by atoms with van der Waals surface area (Å²) >= 11 is 0. The number of likely N-dealkylation sites (tertiary alicyclic amines) is 1. The van der Waals surface area contributed by atoms with E-state index in [2.05, 4.69) is 0 Å². The first-order valence-corrected chi connectivity index (χ1v) is 8.47. The van der Waals surface area contributed by atoms with Crippen LogP contribution in [0.1, 0.15) is 28.8 Å². The second-order valence-electron chi connectivity index (χ2n) is 6.49. The van der Waals surface area contributed by atoms with Crippen LogP contribution in [0.2, 0.25) is 0 Å². The smallest absolute Gasteiger partial charge is 0.253 e. The van der Waals surface area contributed by atoms with Crippen molar-refractivity contribution in [3.8, 4) is 5.75 Å². The molecule has 1 atom stereocenters. The summed E-state index contributed by atoms with van der Waals surface area (Å²) < 4.78 is 32.0. The van der Waals surface area contributed by atoms with Gasteiger partial charge >= 0.3 is 0 Å². The highest BCUT2D eigenvalue weighted by Gasteiger charge is 2.25. The Bertz CT molecular complexity index is 746. The zero-order valence-corrected chi connectivity index (χ0v) is 14.2. The van der Waals surface area contributed by atoms with E-state index in [9.17, 15) is 13.6 Å². The van der Waals surface area contributed by atoms with Crippen LogP contribution in [-0.4, -0.2) is 30.5 Å². The molecule has 0 unspecified atom stereocenters. The van der Waals surface area contributed by atoms with Crippen molar-refractivity contribution in [2.24, 2.45) is 5.92 Å². The molecule has 5 heteroatoms. The predicted molar refractivity (Wildman–Crippen MR) is 91.7 cm³/mol. The van der Waals surface area contributed by atoms with Crippen LogP contribution in [0.4, 0.5) is 8.78 Å². The minimum absolute atomic E-state index is 0.0745. The molecule has 1 heterocycles. The van der Waals surface area contributed by atoms with Crippen LogP contribution in [0.5, 0.6) is 5.75 Å². The van der Waals surface area contributed by atoms with Gasteiger partial charge in [-0.15, -0.1) is 0 Å². The third-order valence-corrected chi connectivity index (χ3v) is 4.51. The highest BCUT2D eigenvalue weighted by Crippen LogP contribution is 2.21. The normalized spacial score (nSPS) is 17.4. The number of nitrogens with zero attached hydrogens (tertiary/aromatic N) is 1. The number of carbonyl (C=O) groups is 1. The molecule has 3 nitrogen and oxygen atoms in total. The lowest BCUT2D eigenvalue weighted by Gasteiger charge is -2.32. The lowest BCUT2D eigenvalue weighted by atomic mass is 9.98. The second kappa shape index (κ2) is 7.64. The first kappa shape index (κ1) is 17.4. The molecule has 1 amide bonds. The number of halogens is 2. The van der Waals surface area contributed by atoms with Crippen molar-refractivity contribution in [2.75, 3.05) is 19.7 Å². The van der Waals surface area contributed by atoms with Crippen LogP contribution in [0.25, 0.3) is 0 Å². The SMILES string of the molecule is Cc1cc(C(=O)N2CCC[C@H](COc3ccc(F)cc3)C2)ccc1F. The van der Waals surface area contributed by atoms with E-state index in [0.717, 1.165) is 12.8 Å². The number of ether oxygens (including phenoxy) is 1. The van der Waals surface area contributed by atoms with E-state index >= 15 is 0 Å². The molecule has 2 aromatic carbocycles. The maximum absolute atomic E-state index is 13.4. The standard InChI is InChI=1S/C20H21F2NO2/c1-14-11-16(4-9-19(14)22)20(24)23-10-2-3-15(12-23)13-25-18-7-5-17(21)6-8-18/h4-9,11,15H,2-3,10,12-13H2,1H3/t15-/m0/s1. The Hall–Kier alpha value is -2.43. The minimum atomic E-state index is -0.305. The highest BCUT2D eigenvalue weighted by molar-refractivity contribution is 5.94. The van der Waals surface area contributed by atoms with E-state index in [1.54, 1.807) is 30.0 Å². The summed E-state index contributed by atoms with van der Waals surface area (Å²) in [5.74, 6) is 0.176. The maximum atomic E-state index is 13.4. The average molecular weight is 345 g/mol. The average Bonchev–Trinajstić information content (AvgIpc) is 2.63. The van der Waals surface area contributed by atoms with Gasteiger partial charge in [-0.05, 0) is 67.8 Å². The fourth-order valence-corrected chi connectivity index (χ4v) is 3.09. The van der Waals surface area contributed by atoms with Gasteiger partial charge in [0.15, 0.2) is 0 Å². The Morgan fingerprint density at radius 1 is 1.20 bits per heavy atom. The number of benzene rings is 2. The Balaban J connectivity index is 1.59. The van der Waals surface area contributed by atoms with Gasteiger partial charge in [0.25, 0.3) is 5.91 Å². The van der Waals surface area contributed by atoms with Gasteiger partial charge in [-0.1, -0.05) is 0 Å². The number of carbonyl (C=O) groups excluding carboxylic acids is 1. The van der Waals surface area contributed by atoms with Gasteiger partial charge in [0.1, 0.15) is 17.4 Å². The van der Waals surface area contributed by atoms with Gasteiger partial charge in [-0.2, -0.15) is 0 Å². The van der Waals surface area contributed by atoms with Crippen LogP contribution in [0.3, 0.4) is 0 Å². The van der Waals surface area contributed by atoms with Crippen molar-refractivity contribution in [3.63, 3.8) is 0 Å². The Morgan fingerprint density at radius 2 is 1.96 bits per heavy atom. The molecule has 132 valence electrons. The van der Waals surface area contributed by atoms with Gasteiger partial charge in [-0.3, -0.25) is 4.79 Å². The van der Waals surface area contributed by atoms with E-state index in [1.807, 2.05) is 0 Å². The molecule has 0 N–H and O–H groups in total. The number of piperidine rings is 1. The van der Waals surface area contributed by atoms with Gasteiger partial charge in [0, 0.05) is 24.6 Å². The molecule has 0 aliphatic carbocycles. The molecule has 3 rings (SSSR count). The Kier molecular flexibility index (Phi) is 5.31. The third kappa shape index (κ3) is 4.35. The van der Waals surface area contributed by atoms with Crippen molar-refractivity contribution in [1.82, 2.24) is 4.90 Å². The lowest BCUT2D eigenvalue weighted by molar-refractivity contribution is 0.0633. The molecule has 2 aromatic rings. The molecule has 0 bridgehead atoms. The first-order chi connectivity index (χ1) is 12.0. The van der Waals surface area contributed by atoms with Gasteiger partial charge in [-0.25, -0.2) is 8.78 Å². The quantitative estimate of drug-likeness (QED) is 0.831. The zero-order valence-electron chi connectivity index (χ0n) is 14.2. The first-order valence-electron chi connectivity index (χ1n) is 8.47. The molecule has 25 heavy (non-hydrogen) atoms. The molecule has 0 spiro atoms. The highest BCUT2D eigenvalue weighted by atomic mass is 19.1. The summed E-state index contributed by atoms with van der Waals surface area (Å²) in [6.07, 6.45) is 1.89. The van der Waals surface area contributed by atoms with Crippen LogP contribution in [0.15, 0.2) is 42.5 Å². The molecular formula is C20H21F2NO2. The zero-order chi connectivity index (χ0) is 17.8. The molecule has 1 aliphatic rings. The van der Waals surface area contributed by atoms with Gasteiger partial charge < -0.3 is 9.64 Å². The fraction of sp³-hybridized carbons (Fsp3) is 0.350. The lowest BCUT2D eigenvalue weighted by Crippen LogP contribution is -2.41. The summed E-state index contributed by atoms with van der Waals surface area (Å²) in [5.41, 5.74) is 0.984. The van der Waals surface area contributed by atoms with Crippen LogP contribution in [0, 0.1) is 24.5 Å². The molecule has 0 aromatic heterocycles. The second-order valence-corrected chi connectivity index (χ2v) is 6.49. The Morgan fingerprint density at radius 3 is 2.68 bits per heavy atom. The minimum Gasteiger partial charge on any atom is -0.493 e. The molecule has 1 fully saturated rings. The molecule has 0 radical (unpaired) electrons. The summed E-state index contributed by atoms with van der Waals surface area (Å²) in [4.78, 5) is 14.4. The number of amides is 1. The Labute approximate surface area is 146 Å². The monoisotopic (exact) mass is 345 g/mol. The fourth-order valence-electron chi connectivity index (χ4n) is 3.09. The van der Waals surface area contributed by atoms with Crippen molar-refractivity contribution in [1.29, 1.82) is 0 Å². The van der Waals surface area contributed by atoms with E-state index in [1.165, 1.54) is 24.3 Å². The maximum Gasteiger partial charge on any atom is 0.253 e. The van der Waals surface area contributed by atoms with Crippen LogP contribution in [-0.2, 0) is 0 Å². The van der Waals surface area contributed by atoms with Crippen LogP contribution < -0.4 is 4.74 Å². The van der Waals surface area contributed by atoms with Gasteiger partial charge in [0.05, 0.1) is 6.61 Å². The summed E-state index contributed by atoms with van der Waals surface area (Å²) in [6, 6.07) is 10.4. The van der Waals surface area contributed by atoms with E-state index in [-0.39, 0.29) is 23.5 Å². The van der Waals surface area contributed by atoms with Crippen molar-refractivity contribution in [3.05, 3.63) is 65.2 Å².